The van der Waals surface area contributed by atoms with Gasteiger partial charge in [-0.25, -0.2) is 0 Å². The number of benzene rings is 1. The zero-order valence-electron chi connectivity index (χ0n) is 17.0. The molecule has 26 heavy (non-hydrogen) atoms. The minimum absolute atomic E-state index is 0.152. The van der Waals surface area contributed by atoms with Gasteiger partial charge in [-0.05, 0) is 49.1 Å². The third kappa shape index (κ3) is 7.11. The Morgan fingerprint density at radius 3 is 2.38 bits per heavy atom. The molecule has 0 bridgehead atoms. The number of carbonyl (C=O) groups excluding carboxylic acids is 1. The van der Waals surface area contributed by atoms with Crippen LogP contribution < -0.4 is 10.6 Å². The van der Waals surface area contributed by atoms with Crippen molar-refractivity contribution in [3.63, 3.8) is 0 Å². The molecule has 3 nitrogen and oxygen atoms in total. The minimum Gasteiger partial charge on any atom is -0.351 e. The molecule has 1 aromatic carbocycles. The van der Waals surface area contributed by atoms with E-state index in [0.29, 0.717) is 24.5 Å². The van der Waals surface area contributed by atoms with Gasteiger partial charge in [0.25, 0.3) is 0 Å². The van der Waals surface area contributed by atoms with E-state index >= 15 is 0 Å². The maximum atomic E-state index is 11.6. The fourth-order valence-electron chi connectivity index (χ4n) is 4.04. The quantitative estimate of drug-likeness (QED) is 0.566. The van der Waals surface area contributed by atoms with Crippen LogP contribution in [0.5, 0.6) is 0 Å². The van der Waals surface area contributed by atoms with Crippen molar-refractivity contribution >= 4 is 5.91 Å². The molecule has 0 saturated carbocycles. The van der Waals surface area contributed by atoms with E-state index in [1.165, 1.54) is 49.7 Å². The highest BCUT2D eigenvalue weighted by atomic mass is 16.2. The SMILES string of the molecule is CCc1ccc(CCCCCCC(C)C[C@@H]2NC(=O)CN[C@H]2CC)cc1. The summed E-state index contributed by atoms with van der Waals surface area (Å²) in [4.78, 5) is 11.6. The first-order valence-corrected chi connectivity index (χ1v) is 10.7. The third-order valence-electron chi connectivity index (χ3n) is 5.80. The van der Waals surface area contributed by atoms with Crippen molar-refractivity contribution in [2.24, 2.45) is 5.92 Å². The Labute approximate surface area is 160 Å². The maximum absolute atomic E-state index is 11.6. The number of amides is 1. The van der Waals surface area contributed by atoms with Gasteiger partial charge in [0.15, 0.2) is 0 Å². The lowest BCUT2D eigenvalue weighted by Crippen LogP contribution is -2.58. The van der Waals surface area contributed by atoms with Gasteiger partial charge in [-0.3, -0.25) is 4.79 Å². The lowest BCUT2D eigenvalue weighted by molar-refractivity contribution is -0.123. The minimum atomic E-state index is 0.152. The predicted molar refractivity (Wildman–Crippen MR) is 110 cm³/mol. The molecule has 1 fully saturated rings. The lowest BCUT2D eigenvalue weighted by Gasteiger charge is -2.34. The number of hydrogen-bond acceptors (Lipinski definition) is 2. The zero-order valence-corrected chi connectivity index (χ0v) is 17.0. The first-order valence-electron chi connectivity index (χ1n) is 10.7. The van der Waals surface area contributed by atoms with Crippen LogP contribution in [0.4, 0.5) is 0 Å². The second-order valence-corrected chi connectivity index (χ2v) is 8.03. The van der Waals surface area contributed by atoms with E-state index < -0.39 is 0 Å². The fraction of sp³-hybridized carbons (Fsp3) is 0.696. The monoisotopic (exact) mass is 358 g/mol. The summed E-state index contributed by atoms with van der Waals surface area (Å²) in [6.07, 6.45) is 11.0. The van der Waals surface area contributed by atoms with Crippen molar-refractivity contribution in [3.05, 3.63) is 35.4 Å². The summed E-state index contributed by atoms with van der Waals surface area (Å²) in [5, 5.41) is 6.55. The van der Waals surface area contributed by atoms with Crippen LogP contribution in [0.3, 0.4) is 0 Å². The summed E-state index contributed by atoms with van der Waals surface area (Å²) in [5.74, 6) is 0.828. The van der Waals surface area contributed by atoms with Crippen LogP contribution in [0.15, 0.2) is 24.3 Å². The van der Waals surface area contributed by atoms with E-state index in [4.69, 9.17) is 0 Å². The maximum Gasteiger partial charge on any atom is 0.234 e. The number of piperazine rings is 1. The van der Waals surface area contributed by atoms with E-state index in [9.17, 15) is 4.79 Å². The molecule has 3 heteroatoms. The third-order valence-corrected chi connectivity index (χ3v) is 5.80. The number of carbonyl (C=O) groups is 1. The fourth-order valence-corrected chi connectivity index (χ4v) is 4.04. The van der Waals surface area contributed by atoms with Crippen LogP contribution in [0.2, 0.25) is 0 Å². The van der Waals surface area contributed by atoms with Gasteiger partial charge in [-0.15, -0.1) is 0 Å². The van der Waals surface area contributed by atoms with E-state index in [1.807, 2.05) is 0 Å². The van der Waals surface area contributed by atoms with Gasteiger partial charge in [0, 0.05) is 12.1 Å². The lowest BCUT2D eigenvalue weighted by atomic mass is 9.90. The molecule has 1 unspecified atom stereocenters. The van der Waals surface area contributed by atoms with Crippen molar-refractivity contribution < 1.29 is 4.79 Å². The van der Waals surface area contributed by atoms with Gasteiger partial charge in [0.05, 0.1) is 6.54 Å². The second-order valence-electron chi connectivity index (χ2n) is 8.03. The highest BCUT2D eigenvalue weighted by Crippen LogP contribution is 2.19. The number of nitrogens with one attached hydrogen (secondary N) is 2. The van der Waals surface area contributed by atoms with Gasteiger partial charge in [0.1, 0.15) is 0 Å². The van der Waals surface area contributed by atoms with Gasteiger partial charge < -0.3 is 10.6 Å². The molecule has 0 aromatic heterocycles. The summed E-state index contributed by atoms with van der Waals surface area (Å²) in [6.45, 7) is 7.22. The number of rotatable bonds is 11. The van der Waals surface area contributed by atoms with Crippen molar-refractivity contribution in [3.8, 4) is 0 Å². The molecule has 2 N–H and O–H groups in total. The number of hydrogen-bond donors (Lipinski definition) is 2. The molecular formula is C23H38N2O. The van der Waals surface area contributed by atoms with Crippen molar-refractivity contribution in [2.45, 2.75) is 90.6 Å². The Balaban J connectivity index is 1.56. The van der Waals surface area contributed by atoms with Crippen LogP contribution in [-0.2, 0) is 17.6 Å². The zero-order chi connectivity index (χ0) is 18.8. The summed E-state index contributed by atoms with van der Waals surface area (Å²) in [6, 6.07) is 9.85. The number of unbranched alkanes of at least 4 members (excludes halogenated alkanes) is 3. The van der Waals surface area contributed by atoms with Gasteiger partial charge >= 0.3 is 0 Å². The molecule has 2 rings (SSSR count). The Morgan fingerprint density at radius 2 is 1.69 bits per heavy atom. The van der Waals surface area contributed by atoms with Gasteiger partial charge in [-0.2, -0.15) is 0 Å². The molecule has 1 heterocycles. The Hall–Kier alpha value is -1.35. The molecular weight excluding hydrogens is 320 g/mol. The standard InChI is InChI=1S/C23H38N2O/c1-4-19-12-14-20(15-13-19)11-9-7-6-8-10-18(3)16-22-21(5-2)24-17-23(26)25-22/h12-15,18,21-22,24H,4-11,16-17H2,1-3H3,(H,25,26)/t18?,21-,22-/m0/s1. The normalized spacial score (nSPS) is 21.4. The average Bonchev–Trinajstić information content (AvgIpc) is 2.65. The molecule has 0 aliphatic carbocycles. The highest BCUT2D eigenvalue weighted by Gasteiger charge is 2.27. The summed E-state index contributed by atoms with van der Waals surface area (Å²) < 4.78 is 0. The van der Waals surface area contributed by atoms with E-state index in [-0.39, 0.29) is 5.91 Å². The molecule has 1 aliphatic heterocycles. The molecule has 1 amide bonds. The van der Waals surface area contributed by atoms with Crippen molar-refractivity contribution in [2.75, 3.05) is 6.54 Å². The summed E-state index contributed by atoms with van der Waals surface area (Å²) in [5.41, 5.74) is 2.90. The van der Waals surface area contributed by atoms with Crippen LogP contribution in [0.1, 0.15) is 76.8 Å². The first-order chi connectivity index (χ1) is 12.6. The average molecular weight is 359 g/mol. The van der Waals surface area contributed by atoms with Gasteiger partial charge in [-0.1, -0.05) is 70.7 Å². The molecule has 146 valence electrons. The Bertz CT molecular complexity index is 526. The predicted octanol–water partition coefficient (Wildman–Crippen LogP) is 4.63. The van der Waals surface area contributed by atoms with E-state index in [0.717, 1.165) is 19.3 Å². The molecule has 1 aromatic rings. The number of aryl methyl sites for hydroxylation is 2. The van der Waals surface area contributed by atoms with Crippen LogP contribution >= 0.6 is 0 Å². The van der Waals surface area contributed by atoms with E-state index in [2.05, 4.69) is 55.7 Å². The van der Waals surface area contributed by atoms with E-state index in [1.54, 1.807) is 0 Å². The smallest absolute Gasteiger partial charge is 0.234 e. The Morgan fingerprint density at radius 1 is 1.00 bits per heavy atom. The molecule has 1 aliphatic rings. The Kier molecular flexibility index (Phi) is 9.17. The summed E-state index contributed by atoms with van der Waals surface area (Å²) >= 11 is 0. The van der Waals surface area contributed by atoms with Crippen molar-refractivity contribution in [1.29, 1.82) is 0 Å². The highest BCUT2D eigenvalue weighted by molar-refractivity contribution is 5.79. The van der Waals surface area contributed by atoms with Crippen molar-refractivity contribution in [1.82, 2.24) is 10.6 Å². The van der Waals surface area contributed by atoms with Crippen LogP contribution in [-0.4, -0.2) is 24.5 Å². The first kappa shape index (κ1) is 21.0. The molecule has 1 saturated heterocycles. The van der Waals surface area contributed by atoms with Crippen LogP contribution in [0.25, 0.3) is 0 Å². The summed E-state index contributed by atoms with van der Waals surface area (Å²) in [7, 11) is 0. The second kappa shape index (κ2) is 11.4. The molecule has 3 atom stereocenters. The van der Waals surface area contributed by atoms with Gasteiger partial charge in [0.2, 0.25) is 5.91 Å². The molecule has 0 spiro atoms. The molecule has 0 radical (unpaired) electrons. The van der Waals surface area contributed by atoms with Crippen LogP contribution in [0, 0.1) is 5.92 Å². The topological polar surface area (TPSA) is 41.1 Å². The largest absolute Gasteiger partial charge is 0.351 e.